The van der Waals surface area contributed by atoms with E-state index < -0.39 is 11.6 Å². The summed E-state index contributed by atoms with van der Waals surface area (Å²) in [5.41, 5.74) is 1.38. The molecule has 1 atom stereocenters. The quantitative estimate of drug-likeness (QED) is 0.848. The van der Waals surface area contributed by atoms with Gasteiger partial charge in [-0.3, -0.25) is 14.4 Å². The lowest BCUT2D eigenvalue weighted by atomic mass is 9.92. The molecule has 0 bridgehead atoms. The molecular weight excluding hydrogens is 332 g/mol. The van der Waals surface area contributed by atoms with Crippen molar-refractivity contribution < 1.29 is 9.59 Å². The summed E-state index contributed by atoms with van der Waals surface area (Å²) >= 11 is 0. The molecule has 26 heavy (non-hydrogen) atoms. The molecule has 2 amide bonds. The maximum Gasteiger partial charge on any atom is 0.274 e. The Bertz CT molecular complexity index is 878. The molecule has 2 aromatic rings. The van der Waals surface area contributed by atoms with Crippen LogP contribution in [0.1, 0.15) is 42.4 Å². The molecule has 1 aliphatic heterocycles. The van der Waals surface area contributed by atoms with Gasteiger partial charge in [0.15, 0.2) is 0 Å². The molecule has 3 rings (SSSR count). The summed E-state index contributed by atoms with van der Waals surface area (Å²) in [4.78, 5) is 44.9. The van der Waals surface area contributed by atoms with Gasteiger partial charge in [0, 0.05) is 24.7 Å². The molecule has 0 radical (unpaired) electrons. The Balaban J connectivity index is 1.95. The van der Waals surface area contributed by atoms with Gasteiger partial charge in [0.1, 0.15) is 11.7 Å². The van der Waals surface area contributed by atoms with Crippen LogP contribution >= 0.6 is 0 Å². The van der Waals surface area contributed by atoms with Crippen molar-refractivity contribution in [3.05, 3.63) is 63.8 Å². The third kappa shape index (κ3) is 3.82. The van der Waals surface area contributed by atoms with Crippen molar-refractivity contribution in [3.8, 4) is 0 Å². The molecule has 2 N–H and O–H groups in total. The molecule has 2 heterocycles. The van der Waals surface area contributed by atoms with Gasteiger partial charge < -0.3 is 15.2 Å². The Kier molecular flexibility index (Phi) is 4.63. The van der Waals surface area contributed by atoms with Gasteiger partial charge in [-0.2, -0.15) is 0 Å². The minimum Gasteiger partial charge on any atom is -0.350 e. The van der Waals surface area contributed by atoms with Gasteiger partial charge >= 0.3 is 0 Å². The molecule has 1 aromatic carbocycles. The number of nitrogens with zero attached hydrogens (tertiary/aromatic N) is 2. The Morgan fingerprint density at radius 1 is 1.23 bits per heavy atom. The van der Waals surface area contributed by atoms with E-state index in [2.05, 4.69) is 15.3 Å². The fourth-order valence-corrected chi connectivity index (χ4v) is 3.03. The predicted octanol–water partition coefficient (Wildman–Crippen LogP) is 1.25. The monoisotopic (exact) mass is 354 g/mol. The summed E-state index contributed by atoms with van der Waals surface area (Å²) in [7, 11) is 0. The van der Waals surface area contributed by atoms with Crippen molar-refractivity contribution in [2.75, 3.05) is 0 Å². The first kappa shape index (κ1) is 17.8. The average molecular weight is 354 g/mol. The van der Waals surface area contributed by atoms with Crippen LogP contribution in [0.25, 0.3) is 0 Å². The SMILES string of the molecule is CC(C)(C)NC(=O)[C@@H]1Cc2ccccc2CN1C(=O)c1c[nH]c(=O)cn1. The van der Waals surface area contributed by atoms with E-state index >= 15 is 0 Å². The fraction of sp³-hybridized carbons (Fsp3) is 0.368. The number of H-pyrrole nitrogens is 1. The highest BCUT2D eigenvalue weighted by Crippen LogP contribution is 2.25. The van der Waals surface area contributed by atoms with Crippen molar-refractivity contribution >= 4 is 11.8 Å². The molecule has 0 fully saturated rings. The summed E-state index contributed by atoms with van der Waals surface area (Å²) in [6.45, 7) is 6.02. The molecule has 1 aromatic heterocycles. The maximum absolute atomic E-state index is 13.0. The second-order valence-corrected chi connectivity index (χ2v) is 7.46. The Hall–Kier alpha value is -2.96. The summed E-state index contributed by atoms with van der Waals surface area (Å²) < 4.78 is 0. The van der Waals surface area contributed by atoms with Gasteiger partial charge in [-0.1, -0.05) is 24.3 Å². The number of fused-ring (bicyclic) bond motifs is 1. The fourth-order valence-electron chi connectivity index (χ4n) is 3.03. The van der Waals surface area contributed by atoms with Gasteiger partial charge in [0.05, 0.1) is 6.20 Å². The number of benzene rings is 1. The number of hydrogen-bond donors (Lipinski definition) is 2. The number of aromatic nitrogens is 2. The van der Waals surface area contributed by atoms with Crippen LogP contribution in [0.2, 0.25) is 0 Å². The van der Waals surface area contributed by atoms with E-state index in [-0.39, 0.29) is 23.1 Å². The van der Waals surface area contributed by atoms with Crippen LogP contribution in [0, 0.1) is 0 Å². The molecule has 0 spiro atoms. The van der Waals surface area contributed by atoms with Crippen molar-refractivity contribution in [1.82, 2.24) is 20.2 Å². The standard InChI is InChI=1S/C19H22N4O3/c1-19(2,3)22-17(25)15-8-12-6-4-5-7-13(12)11-23(15)18(26)14-9-21-16(24)10-20-14/h4-7,9-10,15H,8,11H2,1-3H3,(H,21,24)(H,22,25)/t15-/m0/s1. The Morgan fingerprint density at radius 2 is 1.92 bits per heavy atom. The smallest absolute Gasteiger partial charge is 0.274 e. The lowest BCUT2D eigenvalue weighted by molar-refractivity contribution is -0.127. The van der Waals surface area contributed by atoms with Crippen LogP contribution in [0.4, 0.5) is 0 Å². The van der Waals surface area contributed by atoms with Crippen molar-refractivity contribution in [2.24, 2.45) is 0 Å². The van der Waals surface area contributed by atoms with Crippen LogP contribution in [-0.2, 0) is 17.8 Å². The van der Waals surface area contributed by atoms with E-state index in [1.807, 2.05) is 45.0 Å². The van der Waals surface area contributed by atoms with E-state index in [0.717, 1.165) is 17.3 Å². The minimum atomic E-state index is -0.634. The zero-order valence-electron chi connectivity index (χ0n) is 15.1. The number of nitrogens with one attached hydrogen (secondary N) is 2. The van der Waals surface area contributed by atoms with Gasteiger partial charge in [-0.15, -0.1) is 0 Å². The zero-order chi connectivity index (χ0) is 18.9. The largest absolute Gasteiger partial charge is 0.350 e. The molecule has 0 aliphatic carbocycles. The number of aromatic amines is 1. The van der Waals surface area contributed by atoms with Gasteiger partial charge in [-0.25, -0.2) is 4.98 Å². The summed E-state index contributed by atoms with van der Waals surface area (Å²) in [6.07, 6.45) is 2.78. The van der Waals surface area contributed by atoms with Crippen molar-refractivity contribution in [1.29, 1.82) is 0 Å². The lowest BCUT2D eigenvalue weighted by Crippen LogP contribution is -2.56. The first-order valence-electron chi connectivity index (χ1n) is 8.49. The van der Waals surface area contributed by atoms with E-state index in [1.54, 1.807) is 0 Å². The number of rotatable bonds is 2. The van der Waals surface area contributed by atoms with Gasteiger partial charge in [-0.05, 0) is 31.9 Å². The van der Waals surface area contributed by atoms with Crippen LogP contribution < -0.4 is 10.9 Å². The second-order valence-electron chi connectivity index (χ2n) is 7.46. The summed E-state index contributed by atoms with van der Waals surface area (Å²) in [5.74, 6) is -0.588. The summed E-state index contributed by atoms with van der Waals surface area (Å²) in [5, 5.41) is 2.95. The number of hydrogen-bond acceptors (Lipinski definition) is 4. The first-order chi connectivity index (χ1) is 12.2. The number of carbonyl (C=O) groups excluding carboxylic acids is 2. The first-order valence-corrected chi connectivity index (χ1v) is 8.49. The number of amides is 2. The normalized spacial score (nSPS) is 16.7. The third-order valence-electron chi connectivity index (χ3n) is 4.20. The van der Waals surface area contributed by atoms with E-state index in [1.165, 1.54) is 11.1 Å². The highest BCUT2D eigenvalue weighted by atomic mass is 16.2. The lowest BCUT2D eigenvalue weighted by Gasteiger charge is -2.37. The van der Waals surface area contributed by atoms with Crippen LogP contribution in [-0.4, -0.2) is 38.3 Å². The van der Waals surface area contributed by atoms with Crippen LogP contribution in [0.15, 0.2) is 41.5 Å². The van der Waals surface area contributed by atoms with E-state index in [4.69, 9.17) is 0 Å². The molecule has 136 valence electrons. The molecule has 7 nitrogen and oxygen atoms in total. The molecule has 7 heteroatoms. The zero-order valence-corrected chi connectivity index (χ0v) is 15.1. The second kappa shape index (κ2) is 6.74. The highest BCUT2D eigenvalue weighted by molar-refractivity contribution is 5.96. The molecule has 0 unspecified atom stereocenters. The predicted molar refractivity (Wildman–Crippen MR) is 96.6 cm³/mol. The molecule has 0 saturated heterocycles. The molecular formula is C19H22N4O3. The van der Waals surface area contributed by atoms with Gasteiger partial charge in [0.25, 0.3) is 11.5 Å². The summed E-state index contributed by atoms with van der Waals surface area (Å²) in [6, 6.07) is 7.14. The van der Waals surface area contributed by atoms with Crippen molar-refractivity contribution in [2.45, 2.75) is 45.3 Å². The minimum absolute atomic E-state index is 0.109. The maximum atomic E-state index is 13.0. The topological polar surface area (TPSA) is 95.2 Å². The average Bonchev–Trinajstić information content (AvgIpc) is 2.59. The van der Waals surface area contributed by atoms with E-state index in [9.17, 15) is 14.4 Å². The third-order valence-corrected chi connectivity index (χ3v) is 4.20. The van der Waals surface area contributed by atoms with E-state index in [0.29, 0.717) is 13.0 Å². The molecule has 0 saturated carbocycles. The molecule has 1 aliphatic rings. The van der Waals surface area contributed by atoms with Gasteiger partial charge in [0.2, 0.25) is 5.91 Å². The van der Waals surface area contributed by atoms with Crippen molar-refractivity contribution in [3.63, 3.8) is 0 Å². The highest BCUT2D eigenvalue weighted by Gasteiger charge is 2.36. The van der Waals surface area contributed by atoms with Crippen LogP contribution in [0.5, 0.6) is 0 Å². The Labute approximate surface area is 151 Å². The Morgan fingerprint density at radius 3 is 2.54 bits per heavy atom. The number of carbonyl (C=O) groups is 2. The van der Waals surface area contributed by atoms with Crippen LogP contribution in [0.3, 0.4) is 0 Å².